The molecule has 1 aliphatic rings. The van der Waals surface area contributed by atoms with Gasteiger partial charge in [0.2, 0.25) is 5.91 Å². The van der Waals surface area contributed by atoms with Crippen LogP contribution in [0, 0.1) is 20.4 Å². The van der Waals surface area contributed by atoms with Gasteiger partial charge in [0.15, 0.2) is 5.69 Å². The standard InChI is InChI=1S/C40H41Cl2N3O6/c1-25-28(9-6-10-32(25)33-11-7-13-36(26(33)2)49-16-8-14-41)24-51-38-21-37-30(20-34(38)42)22-45-35(40(47)48)12-4-5-15-44-39(46)29-17-27(23-50-37)18-31(19-29)43-3/h6-7,9-11,13,17-21,35,45H,4-5,8,12,14-16,22-24H2,1-2H3,(H,44,46)(H,47,48)/t35-/m0/s1. The van der Waals surface area contributed by atoms with Crippen LogP contribution in [0.5, 0.6) is 17.2 Å². The Bertz CT molecular complexity index is 1930. The quantitative estimate of drug-likeness (QED) is 0.0897. The number of halogens is 2. The Morgan fingerprint density at radius 3 is 2.57 bits per heavy atom. The van der Waals surface area contributed by atoms with E-state index in [0.717, 1.165) is 40.0 Å². The maximum Gasteiger partial charge on any atom is 0.320 e. The highest BCUT2D eigenvalue weighted by atomic mass is 35.5. The van der Waals surface area contributed by atoms with Crippen molar-refractivity contribution in [3.05, 3.63) is 117 Å². The summed E-state index contributed by atoms with van der Waals surface area (Å²) >= 11 is 12.6. The van der Waals surface area contributed by atoms with Gasteiger partial charge in [0.25, 0.3) is 0 Å². The molecule has 0 aliphatic carbocycles. The van der Waals surface area contributed by atoms with Crippen molar-refractivity contribution in [2.24, 2.45) is 0 Å². The summed E-state index contributed by atoms with van der Waals surface area (Å²) in [5, 5.41) is 16.2. The molecule has 4 aromatic carbocycles. The zero-order chi connectivity index (χ0) is 36.3. The third kappa shape index (κ3) is 9.73. The molecule has 0 saturated heterocycles. The SMILES string of the molecule is [C-]#[N+]c1cc2cc(c1)C(=O)NCCCC[C@@H](C(=O)O)NCc1cc(Cl)c(OCc3cccc(-c4cccc(OCCCCl)c4C)c3C)cc1OC2. The maximum absolute atomic E-state index is 12.9. The summed E-state index contributed by atoms with van der Waals surface area (Å²) in [6.45, 7) is 13.1. The second kappa shape index (κ2) is 18.0. The van der Waals surface area contributed by atoms with Gasteiger partial charge in [-0.15, -0.1) is 11.6 Å². The van der Waals surface area contributed by atoms with Gasteiger partial charge in [-0.25, -0.2) is 4.85 Å². The molecule has 1 amide bonds. The molecule has 1 atom stereocenters. The smallest absolute Gasteiger partial charge is 0.320 e. The molecule has 0 unspecified atom stereocenters. The van der Waals surface area contributed by atoms with E-state index in [2.05, 4.69) is 34.5 Å². The number of carboxylic acids is 1. The molecule has 0 saturated carbocycles. The van der Waals surface area contributed by atoms with Gasteiger partial charge >= 0.3 is 5.97 Å². The number of hydrogen-bond acceptors (Lipinski definition) is 6. The van der Waals surface area contributed by atoms with Crippen molar-refractivity contribution in [3.8, 4) is 28.4 Å². The summed E-state index contributed by atoms with van der Waals surface area (Å²) < 4.78 is 18.6. The minimum atomic E-state index is -0.964. The average Bonchev–Trinajstić information content (AvgIpc) is 3.12. The van der Waals surface area contributed by atoms with Gasteiger partial charge in [0, 0.05) is 36.2 Å². The fourth-order valence-electron chi connectivity index (χ4n) is 5.98. The van der Waals surface area contributed by atoms with Crippen LogP contribution in [-0.2, 0) is 24.6 Å². The van der Waals surface area contributed by atoms with Crippen molar-refractivity contribution in [3.63, 3.8) is 0 Å². The van der Waals surface area contributed by atoms with Crippen LogP contribution < -0.4 is 24.8 Å². The van der Waals surface area contributed by atoms with Gasteiger partial charge in [-0.3, -0.25) is 9.59 Å². The lowest BCUT2D eigenvalue weighted by atomic mass is 9.93. The van der Waals surface area contributed by atoms with E-state index in [0.29, 0.717) is 77.2 Å². The summed E-state index contributed by atoms with van der Waals surface area (Å²) in [6.07, 6.45) is 2.33. The van der Waals surface area contributed by atoms with Crippen LogP contribution in [-0.4, -0.2) is 42.1 Å². The van der Waals surface area contributed by atoms with E-state index >= 15 is 0 Å². The van der Waals surface area contributed by atoms with Gasteiger partial charge in [-0.05, 0) is 103 Å². The fourth-order valence-corrected chi connectivity index (χ4v) is 6.33. The molecule has 2 bridgehead atoms. The number of nitrogens with zero attached hydrogens (tertiary/aromatic N) is 1. The Balaban J connectivity index is 1.42. The number of nitrogens with one attached hydrogen (secondary N) is 2. The zero-order valence-corrected chi connectivity index (χ0v) is 30.2. The first kappa shape index (κ1) is 37.5. The lowest BCUT2D eigenvalue weighted by molar-refractivity contribution is -0.139. The first-order valence-electron chi connectivity index (χ1n) is 16.9. The Labute approximate surface area is 308 Å². The topological polar surface area (TPSA) is 110 Å². The second-order valence-corrected chi connectivity index (χ2v) is 13.2. The van der Waals surface area contributed by atoms with Crippen molar-refractivity contribution < 1.29 is 28.9 Å². The lowest BCUT2D eigenvalue weighted by Crippen LogP contribution is -2.36. The highest BCUT2D eigenvalue weighted by molar-refractivity contribution is 6.32. The van der Waals surface area contributed by atoms with Gasteiger partial charge in [-0.1, -0.05) is 41.9 Å². The molecule has 9 nitrogen and oxygen atoms in total. The van der Waals surface area contributed by atoms with Gasteiger partial charge in [0.05, 0.1) is 18.2 Å². The Hall–Kier alpha value is -4.75. The molecule has 1 heterocycles. The van der Waals surface area contributed by atoms with E-state index in [-0.39, 0.29) is 25.7 Å². The monoisotopic (exact) mass is 729 g/mol. The van der Waals surface area contributed by atoms with E-state index < -0.39 is 12.0 Å². The van der Waals surface area contributed by atoms with Crippen LogP contribution in [0.25, 0.3) is 16.0 Å². The number of rotatable bonds is 9. The number of fused-ring (bicyclic) bond motifs is 3. The minimum Gasteiger partial charge on any atom is -0.493 e. The van der Waals surface area contributed by atoms with Crippen molar-refractivity contribution in [2.45, 2.75) is 65.3 Å². The van der Waals surface area contributed by atoms with Crippen molar-refractivity contribution in [1.82, 2.24) is 10.6 Å². The summed E-state index contributed by atoms with van der Waals surface area (Å²) in [4.78, 5) is 28.5. The number of carbonyl (C=O) groups is 2. The fraction of sp³-hybridized carbons (Fsp3) is 0.325. The molecule has 3 N–H and O–H groups in total. The second-order valence-electron chi connectivity index (χ2n) is 12.4. The molecule has 0 spiro atoms. The van der Waals surface area contributed by atoms with Crippen molar-refractivity contribution >= 4 is 40.8 Å². The number of carboxylic acid groups (broad SMARTS) is 1. The molecule has 0 radical (unpaired) electrons. The first-order valence-corrected chi connectivity index (χ1v) is 17.8. The van der Waals surface area contributed by atoms with Crippen LogP contribution in [0.2, 0.25) is 5.02 Å². The maximum atomic E-state index is 12.9. The van der Waals surface area contributed by atoms with Crippen LogP contribution in [0.3, 0.4) is 0 Å². The van der Waals surface area contributed by atoms with E-state index in [1.807, 2.05) is 31.2 Å². The van der Waals surface area contributed by atoms with E-state index in [1.54, 1.807) is 30.3 Å². The molecule has 11 heteroatoms. The van der Waals surface area contributed by atoms with Gasteiger partial charge < -0.3 is 30.0 Å². The molecular weight excluding hydrogens is 689 g/mol. The number of alkyl halides is 1. The Kier molecular flexibility index (Phi) is 13.2. The predicted octanol–water partition coefficient (Wildman–Crippen LogP) is 8.80. The molecule has 4 aromatic rings. The van der Waals surface area contributed by atoms with Crippen LogP contribution in [0.1, 0.15) is 63.9 Å². The normalized spacial score (nSPS) is 15.1. The van der Waals surface area contributed by atoms with E-state index in [4.69, 9.17) is 44.0 Å². The molecule has 0 aromatic heterocycles. The summed E-state index contributed by atoms with van der Waals surface area (Å²) in [5.41, 5.74) is 7.16. The van der Waals surface area contributed by atoms with Gasteiger partial charge in [0.1, 0.15) is 36.5 Å². The number of benzene rings is 4. The summed E-state index contributed by atoms with van der Waals surface area (Å²) in [5.74, 6) is 0.928. The highest BCUT2D eigenvalue weighted by Gasteiger charge is 2.20. The molecule has 0 fully saturated rings. The summed E-state index contributed by atoms with van der Waals surface area (Å²) in [6, 6.07) is 19.7. The Morgan fingerprint density at radius 1 is 1.02 bits per heavy atom. The molecule has 266 valence electrons. The first-order chi connectivity index (χ1) is 24.7. The van der Waals surface area contributed by atoms with E-state index in [1.165, 1.54) is 0 Å². The van der Waals surface area contributed by atoms with Crippen molar-refractivity contribution in [2.75, 3.05) is 19.0 Å². The number of amides is 1. The van der Waals surface area contributed by atoms with E-state index in [9.17, 15) is 14.7 Å². The highest BCUT2D eigenvalue weighted by Crippen LogP contribution is 2.36. The molecule has 1 aliphatic heterocycles. The van der Waals surface area contributed by atoms with Crippen molar-refractivity contribution in [1.29, 1.82) is 0 Å². The summed E-state index contributed by atoms with van der Waals surface area (Å²) in [7, 11) is 0. The van der Waals surface area contributed by atoms with Crippen LogP contribution in [0.15, 0.2) is 66.7 Å². The predicted molar refractivity (Wildman–Crippen MR) is 199 cm³/mol. The van der Waals surface area contributed by atoms with Crippen LogP contribution in [0.4, 0.5) is 5.69 Å². The number of carbonyl (C=O) groups excluding carboxylic acids is 1. The minimum absolute atomic E-state index is 0.0508. The molecule has 51 heavy (non-hydrogen) atoms. The lowest BCUT2D eigenvalue weighted by Gasteiger charge is -2.20. The van der Waals surface area contributed by atoms with Gasteiger partial charge in [-0.2, -0.15) is 0 Å². The number of ether oxygens (including phenoxy) is 3. The third-order valence-corrected chi connectivity index (χ3v) is 9.42. The Morgan fingerprint density at radius 2 is 1.80 bits per heavy atom. The number of aliphatic carboxylic acids is 1. The molecular formula is C40H41Cl2N3O6. The number of hydrogen-bond donors (Lipinski definition) is 3. The average molecular weight is 731 g/mol. The van der Waals surface area contributed by atoms with Crippen LogP contribution >= 0.6 is 23.2 Å². The largest absolute Gasteiger partial charge is 0.493 e. The molecule has 5 rings (SSSR count). The third-order valence-electron chi connectivity index (χ3n) is 8.86. The zero-order valence-electron chi connectivity index (χ0n) is 28.7.